The van der Waals surface area contributed by atoms with E-state index in [1.54, 1.807) is 0 Å². The van der Waals surface area contributed by atoms with E-state index < -0.39 is 0 Å². The van der Waals surface area contributed by atoms with Gasteiger partial charge in [0.05, 0.1) is 0 Å². The van der Waals surface area contributed by atoms with Crippen molar-refractivity contribution in [1.82, 2.24) is 0 Å². The van der Waals surface area contributed by atoms with Gasteiger partial charge in [-0.1, -0.05) is 70.2 Å². The lowest BCUT2D eigenvalue weighted by atomic mass is 9.64. The summed E-state index contributed by atoms with van der Waals surface area (Å²) in [5, 5.41) is 0. The zero-order chi connectivity index (χ0) is 11.7. The van der Waals surface area contributed by atoms with Crippen molar-refractivity contribution in [3.8, 4) is 0 Å². The Morgan fingerprint density at radius 2 is 0.750 bits per heavy atom. The van der Waals surface area contributed by atoms with Crippen molar-refractivity contribution in [3.63, 3.8) is 0 Å². The highest BCUT2D eigenvalue weighted by Crippen LogP contribution is 2.44. The molecule has 0 nitrogen and oxygen atoms in total. The first-order valence-corrected chi connectivity index (χ1v) is 7.58. The van der Waals surface area contributed by atoms with Crippen molar-refractivity contribution >= 4 is 0 Å². The fourth-order valence-electron chi connectivity index (χ4n) is 4.03. The minimum Gasteiger partial charge on any atom is -0.0776 e. The van der Waals surface area contributed by atoms with Crippen LogP contribution in [0.1, 0.15) is 95.9 Å². The second kappa shape index (κ2) is 10.7. The maximum Gasteiger partial charge on any atom is -0.0383 e. The average Bonchev–Trinajstić information content (AvgIpc) is 2.26. The highest BCUT2D eigenvalue weighted by atomic mass is 14.4. The Morgan fingerprint density at radius 1 is 0.450 bits per heavy atom. The molecule has 2 aliphatic rings. The molecule has 6 atom stereocenters. The lowest BCUT2D eigenvalue weighted by Crippen LogP contribution is -2.31. The van der Waals surface area contributed by atoms with E-state index in [1.807, 2.05) is 0 Å². The second-order valence-corrected chi connectivity index (χ2v) is 7.06. The molecule has 0 radical (unpaired) electrons. The zero-order valence-corrected chi connectivity index (χ0v) is 11.7. The fourth-order valence-corrected chi connectivity index (χ4v) is 4.03. The molecule has 0 saturated heterocycles. The van der Waals surface area contributed by atoms with Crippen LogP contribution >= 0.6 is 0 Å². The van der Waals surface area contributed by atoms with Crippen LogP contribution in [0.5, 0.6) is 0 Å². The highest BCUT2D eigenvalue weighted by molar-refractivity contribution is 4.84. The molecule has 2 rings (SSSR count). The number of rotatable bonds is 1. The van der Waals surface area contributed by atoms with Gasteiger partial charge in [0, 0.05) is 0 Å². The largest absolute Gasteiger partial charge is 0.0776 e. The van der Waals surface area contributed by atoms with Gasteiger partial charge in [0.2, 0.25) is 0 Å². The first-order valence-electron chi connectivity index (χ1n) is 7.58. The highest BCUT2D eigenvalue weighted by Gasteiger charge is 2.33. The number of hydrogen-bond donors (Lipinski definition) is 0. The van der Waals surface area contributed by atoms with E-state index in [4.69, 9.17) is 0 Å². The minimum atomic E-state index is 0. The van der Waals surface area contributed by atoms with E-state index in [0.717, 1.165) is 35.5 Å². The van der Waals surface area contributed by atoms with Crippen LogP contribution in [-0.4, -0.2) is 0 Å². The van der Waals surface area contributed by atoms with Crippen LogP contribution < -0.4 is 0 Å². The van der Waals surface area contributed by atoms with Crippen LogP contribution in [0.15, 0.2) is 0 Å². The Labute approximate surface area is 132 Å². The summed E-state index contributed by atoms with van der Waals surface area (Å²) in [5.74, 6) is 6.07. The van der Waals surface area contributed by atoms with Crippen LogP contribution in [0.4, 0.5) is 0 Å². The number of hydrogen-bond acceptors (Lipinski definition) is 0. The summed E-state index contributed by atoms with van der Waals surface area (Å²) in [6.07, 6.45) is 9.08. The van der Waals surface area contributed by atoms with Crippen LogP contribution in [0.25, 0.3) is 0 Å². The molecule has 6 unspecified atom stereocenters. The monoisotopic (exact) mass is 286 g/mol. The van der Waals surface area contributed by atoms with Gasteiger partial charge in [0.25, 0.3) is 0 Å². The maximum atomic E-state index is 2.48. The molecule has 0 bridgehead atoms. The molecule has 0 aromatic carbocycles. The molecule has 0 spiro atoms. The predicted octanol–water partition coefficient (Wildman–Crippen LogP) is 7.68. The van der Waals surface area contributed by atoms with Crippen LogP contribution in [0.3, 0.4) is 0 Å². The summed E-state index contributed by atoms with van der Waals surface area (Å²) in [7, 11) is 0. The summed E-state index contributed by atoms with van der Waals surface area (Å²) < 4.78 is 0. The molecule has 0 N–H and O–H groups in total. The molecular weight excluding hydrogens is 240 g/mol. The van der Waals surface area contributed by atoms with E-state index in [-0.39, 0.29) is 29.7 Å². The van der Waals surface area contributed by atoms with Gasteiger partial charge in [0.15, 0.2) is 0 Å². The van der Waals surface area contributed by atoms with E-state index in [2.05, 4.69) is 27.7 Å². The van der Waals surface area contributed by atoms with Gasteiger partial charge in [-0.25, -0.2) is 0 Å². The molecular formula is C20H46. The van der Waals surface area contributed by atoms with Crippen molar-refractivity contribution in [1.29, 1.82) is 0 Å². The summed E-state index contributed by atoms with van der Waals surface area (Å²) in [6, 6.07) is 0. The Hall–Kier alpha value is 0. The summed E-state index contributed by atoms with van der Waals surface area (Å²) in [6.45, 7) is 9.86. The molecule has 0 amide bonds. The van der Waals surface area contributed by atoms with Crippen molar-refractivity contribution in [2.75, 3.05) is 0 Å². The Kier molecular flexibility index (Phi) is 13.4. The van der Waals surface area contributed by atoms with Gasteiger partial charge in [-0.2, -0.15) is 0 Å². The lowest BCUT2D eigenvalue weighted by molar-refractivity contribution is 0.0956. The van der Waals surface area contributed by atoms with Gasteiger partial charge >= 0.3 is 0 Å². The summed E-state index contributed by atoms with van der Waals surface area (Å²) >= 11 is 0. The Morgan fingerprint density at radius 3 is 1.00 bits per heavy atom. The molecule has 2 saturated carbocycles. The third-order valence-electron chi connectivity index (χ3n) is 5.94. The molecule has 2 fully saturated rings. The van der Waals surface area contributed by atoms with Crippen molar-refractivity contribution in [2.24, 2.45) is 35.5 Å². The van der Waals surface area contributed by atoms with Crippen LogP contribution in [-0.2, 0) is 0 Å². The van der Waals surface area contributed by atoms with Gasteiger partial charge in [-0.15, -0.1) is 0 Å². The van der Waals surface area contributed by atoms with Crippen molar-refractivity contribution < 1.29 is 0 Å². The fraction of sp³-hybridized carbons (Fsp3) is 1.00. The molecule has 126 valence electrons. The smallest absolute Gasteiger partial charge is 0.0383 e. The molecule has 20 heavy (non-hydrogen) atoms. The third-order valence-corrected chi connectivity index (χ3v) is 5.94. The van der Waals surface area contributed by atoms with Crippen LogP contribution in [0, 0.1) is 35.5 Å². The zero-order valence-electron chi connectivity index (χ0n) is 11.7. The first-order chi connectivity index (χ1) is 7.58. The SMILES string of the molecule is C.C.C.C.CC1CCC(C2CCC(C)C(C)C2)CC1C. The van der Waals surface area contributed by atoms with E-state index in [1.165, 1.54) is 38.5 Å². The normalized spacial score (nSPS) is 40.2. The molecule has 0 heterocycles. The predicted molar refractivity (Wildman–Crippen MR) is 98.3 cm³/mol. The maximum absolute atomic E-state index is 2.48. The van der Waals surface area contributed by atoms with Gasteiger partial charge < -0.3 is 0 Å². The van der Waals surface area contributed by atoms with Gasteiger partial charge in [0.1, 0.15) is 0 Å². The summed E-state index contributed by atoms with van der Waals surface area (Å²) in [4.78, 5) is 0. The van der Waals surface area contributed by atoms with Crippen molar-refractivity contribution in [2.45, 2.75) is 95.9 Å². The lowest BCUT2D eigenvalue weighted by Gasteiger charge is -2.41. The van der Waals surface area contributed by atoms with E-state index in [9.17, 15) is 0 Å². The Bertz CT molecular complexity index is 196. The summed E-state index contributed by atoms with van der Waals surface area (Å²) in [5.41, 5.74) is 0. The third kappa shape index (κ3) is 5.78. The van der Waals surface area contributed by atoms with Crippen LogP contribution in [0.2, 0.25) is 0 Å². The molecule has 0 aromatic heterocycles. The van der Waals surface area contributed by atoms with E-state index in [0.29, 0.717) is 0 Å². The molecule has 2 aliphatic carbocycles. The standard InChI is InChI=1S/C16H30.4CH4/c1-11-5-7-15(9-13(11)3)16-8-6-12(2)14(4)10-16;;;;/h11-16H,5-10H2,1-4H3;4*1H4. The van der Waals surface area contributed by atoms with Gasteiger partial charge in [-0.3, -0.25) is 0 Å². The topological polar surface area (TPSA) is 0 Å². The molecule has 0 heteroatoms. The first kappa shape index (κ1) is 25.0. The second-order valence-electron chi connectivity index (χ2n) is 7.06. The van der Waals surface area contributed by atoms with E-state index >= 15 is 0 Å². The molecule has 0 aliphatic heterocycles. The minimum absolute atomic E-state index is 0. The molecule has 0 aromatic rings. The van der Waals surface area contributed by atoms with Gasteiger partial charge in [-0.05, 0) is 61.2 Å². The quantitative estimate of drug-likeness (QED) is 0.464. The Balaban J connectivity index is -0.000000722. The average molecular weight is 287 g/mol. The van der Waals surface area contributed by atoms with Crippen molar-refractivity contribution in [3.05, 3.63) is 0 Å².